The van der Waals surface area contributed by atoms with Crippen LogP contribution in [-0.4, -0.2) is 84.8 Å². The number of primary amides is 1. The van der Waals surface area contributed by atoms with Gasteiger partial charge in [0.05, 0.1) is 30.8 Å². The zero-order valence-electron chi connectivity index (χ0n) is 28.6. The Morgan fingerprint density at radius 1 is 0.827 bits per heavy atom. The van der Waals surface area contributed by atoms with E-state index in [1.165, 1.54) is 6.07 Å². The number of benzene rings is 3. The van der Waals surface area contributed by atoms with Crippen LogP contribution >= 0.6 is 23.2 Å². The third-order valence-electron chi connectivity index (χ3n) is 10.1. The van der Waals surface area contributed by atoms with Crippen LogP contribution in [0.25, 0.3) is 0 Å². The van der Waals surface area contributed by atoms with E-state index < -0.39 is 35.4 Å². The fourth-order valence-electron chi connectivity index (χ4n) is 7.31. The Hall–Kier alpha value is -3.88. The van der Waals surface area contributed by atoms with Crippen LogP contribution in [0.1, 0.15) is 54.1 Å². The molecule has 2 atom stereocenters. The van der Waals surface area contributed by atoms with Gasteiger partial charge in [-0.05, 0) is 80.4 Å². The number of carbonyl (C=O) groups excluding carboxylic acids is 3. The van der Waals surface area contributed by atoms with Gasteiger partial charge in [-0.25, -0.2) is 0 Å². The van der Waals surface area contributed by atoms with Crippen molar-refractivity contribution in [3.8, 4) is 5.75 Å². The van der Waals surface area contributed by atoms with E-state index in [4.69, 9.17) is 33.7 Å². The summed E-state index contributed by atoms with van der Waals surface area (Å²) >= 11 is 12.5. The molecule has 4 N–H and O–H groups in total. The second-order valence-electron chi connectivity index (χ2n) is 13.4. The minimum atomic E-state index is -4.64. The van der Waals surface area contributed by atoms with Gasteiger partial charge < -0.3 is 20.3 Å². The first-order valence-corrected chi connectivity index (χ1v) is 18.0. The molecule has 3 aliphatic rings. The Morgan fingerprint density at radius 3 is 1.83 bits per heavy atom. The summed E-state index contributed by atoms with van der Waals surface area (Å²) in [4.78, 5) is 45.3. The highest BCUT2D eigenvalue weighted by molar-refractivity contribution is 6.30. The normalized spacial score (nSPS) is 23.1. The molecule has 2 unspecified atom stereocenters. The third kappa shape index (κ3) is 8.03. The number of piperazine rings is 1. The highest BCUT2D eigenvalue weighted by Gasteiger charge is 2.55. The van der Waals surface area contributed by atoms with Gasteiger partial charge in [0, 0.05) is 47.7 Å². The summed E-state index contributed by atoms with van der Waals surface area (Å²) < 4.78 is 47.7. The predicted octanol–water partition coefficient (Wildman–Crippen LogP) is 5.11. The van der Waals surface area contributed by atoms with Crippen molar-refractivity contribution in [1.82, 2.24) is 25.3 Å². The molecule has 0 bridgehead atoms. The van der Waals surface area contributed by atoms with E-state index in [1.807, 2.05) is 29.2 Å². The summed E-state index contributed by atoms with van der Waals surface area (Å²) in [5.41, 5.74) is 4.56. The molecule has 0 aromatic heterocycles. The molecular weight excluding hydrogens is 720 g/mol. The van der Waals surface area contributed by atoms with Gasteiger partial charge >= 0.3 is 6.18 Å². The van der Waals surface area contributed by atoms with Gasteiger partial charge in [0.25, 0.3) is 5.91 Å². The van der Waals surface area contributed by atoms with Crippen LogP contribution in [0.5, 0.6) is 5.75 Å². The number of nitrogens with two attached hydrogens (primary N) is 1. The van der Waals surface area contributed by atoms with E-state index in [-0.39, 0.29) is 68.4 Å². The second-order valence-corrected chi connectivity index (χ2v) is 14.2. The lowest BCUT2D eigenvalue weighted by atomic mass is 9.94. The fraction of sp³-hybridized carbons (Fsp3) is 0.432. The standard InChI is InChI=1S/C37H41Cl2F3N6O4/c1-2-52-30-21-26(37(40,41)42)7-12-29(30)36(44-32(23-3-8-27(38)9-4-23)33(45-36)24-5-10-28(39)11-6-24)35(51)48-19-17-47(18-20-48)31(49)22-46-15-13-25(14-16-46)34(43)50/h3-12,21,25,32-33,44-45H,2,13-20,22H2,1H3,(H2,43,50). The first-order valence-electron chi connectivity index (χ1n) is 17.3. The van der Waals surface area contributed by atoms with E-state index in [9.17, 15) is 22.8 Å². The summed E-state index contributed by atoms with van der Waals surface area (Å²) in [6.07, 6.45) is -3.43. The Bertz CT molecular complexity index is 1710. The molecule has 0 saturated carbocycles. The molecular formula is C37H41Cl2F3N6O4. The van der Waals surface area contributed by atoms with Gasteiger partial charge in [-0.15, -0.1) is 0 Å². The quantitative estimate of drug-likeness (QED) is 0.278. The molecule has 3 fully saturated rings. The molecule has 3 heterocycles. The van der Waals surface area contributed by atoms with Crippen molar-refractivity contribution in [2.75, 3.05) is 52.4 Å². The summed E-state index contributed by atoms with van der Waals surface area (Å²) in [6, 6.07) is 16.3. The molecule has 6 rings (SSSR count). The first kappa shape index (κ1) is 37.9. The van der Waals surface area contributed by atoms with Crippen molar-refractivity contribution in [1.29, 1.82) is 0 Å². The molecule has 278 valence electrons. The highest BCUT2D eigenvalue weighted by Crippen LogP contribution is 2.46. The molecule has 3 amide bonds. The van der Waals surface area contributed by atoms with Crippen LogP contribution in [-0.2, 0) is 26.2 Å². The van der Waals surface area contributed by atoms with E-state index in [1.54, 1.807) is 41.0 Å². The topological polar surface area (TPSA) is 120 Å². The summed E-state index contributed by atoms with van der Waals surface area (Å²) in [5.74, 6) is -1.10. The predicted molar refractivity (Wildman–Crippen MR) is 190 cm³/mol. The van der Waals surface area contributed by atoms with Gasteiger partial charge in [0.2, 0.25) is 11.8 Å². The summed E-state index contributed by atoms with van der Waals surface area (Å²) in [5, 5.41) is 8.06. The number of ether oxygens (including phenoxy) is 1. The van der Waals surface area contributed by atoms with E-state index in [0.29, 0.717) is 36.0 Å². The Balaban J connectivity index is 1.32. The number of likely N-dealkylation sites (tertiary alicyclic amines) is 1. The molecule has 0 aliphatic carbocycles. The van der Waals surface area contributed by atoms with Gasteiger partial charge in [0.1, 0.15) is 5.75 Å². The Kier molecular flexibility index (Phi) is 11.4. The fourth-order valence-corrected chi connectivity index (χ4v) is 7.56. The minimum Gasteiger partial charge on any atom is -0.493 e. The maximum atomic E-state index is 15.0. The number of nitrogens with zero attached hydrogens (tertiary/aromatic N) is 3. The summed E-state index contributed by atoms with van der Waals surface area (Å²) in [6.45, 7) is 4.03. The monoisotopic (exact) mass is 760 g/mol. The molecule has 52 heavy (non-hydrogen) atoms. The molecule has 3 aromatic rings. The zero-order valence-corrected chi connectivity index (χ0v) is 30.1. The number of piperidine rings is 1. The first-order chi connectivity index (χ1) is 24.8. The lowest BCUT2D eigenvalue weighted by Crippen LogP contribution is -2.62. The molecule has 3 saturated heterocycles. The third-order valence-corrected chi connectivity index (χ3v) is 10.6. The smallest absolute Gasteiger partial charge is 0.416 e. The highest BCUT2D eigenvalue weighted by atomic mass is 35.5. The Morgan fingerprint density at radius 2 is 1.35 bits per heavy atom. The lowest BCUT2D eigenvalue weighted by molar-refractivity contribution is -0.145. The van der Waals surface area contributed by atoms with Crippen molar-refractivity contribution < 1.29 is 32.3 Å². The van der Waals surface area contributed by atoms with Crippen LogP contribution in [0.15, 0.2) is 66.7 Å². The maximum absolute atomic E-state index is 15.0. The van der Waals surface area contributed by atoms with Crippen LogP contribution in [0.3, 0.4) is 0 Å². The number of hydrogen-bond acceptors (Lipinski definition) is 7. The van der Waals surface area contributed by atoms with Gasteiger partial charge in [-0.1, -0.05) is 53.5 Å². The van der Waals surface area contributed by atoms with Crippen molar-refractivity contribution >= 4 is 40.9 Å². The zero-order chi connectivity index (χ0) is 37.2. The molecule has 15 heteroatoms. The molecule has 3 aromatic carbocycles. The minimum absolute atomic E-state index is 0.0563. The number of carbonyl (C=O) groups is 3. The van der Waals surface area contributed by atoms with Crippen LogP contribution in [0.2, 0.25) is 10.0 Å². The van der Waals surface area contributed by atoms with Crippen molar-refractivity contribution in [3.05, 3.63) is 99.0 Å². The lowest BCUT2D eigenvalue weighted by Gasteiger charge is -2.41. The number of halogens is 5. The SMILES string of the molecule is CCOc1cc(C(F)(F)F)ccc1C1(C(=O)N2CCN(C(=O)CN3CCC(C(N)=O)CC3)CC2)NC(c2ccc(Cl)cc2)C(c2ccc(Cl)cc2)N1. The molecule has 0 radical (unpaired) electrons. The van der Waals surface area contributed by atoms with Gasteiger partial charge in [-0.3, -0.25) is 29.9 Å². The average Bonchev–Trinajstić information content (AvgIpc) is 3.53. The van der Waals surface area contributed by atoms with Crippen molar-refractivity contribution in [3.63, 3.8) is 0 Å². The maximum Gasteiger partial charge on any atom is 0.416 e. The largest absolute Gasteiger partial charge is 0.493 e. The number of hydrogen-bond donors (Lipinski definition) is 3. The number of nitrogens with one attached hydrogen (secondary N) is 2. The second kappa shape index (κ2) is 15.6. The van der Waals surface area contributed by atoms with Crippen LogP contribution < -0.4 is 21.1 Å². The molecule has 3 aliphatic heterocycles. The van der Waals surface area contributed by atoms with E-state index in [2.05, 4.69) is 10.6 Å². The molecule has 10 nitrogen and oxygen atoms in total. The molecule has 0 spiro atoms. The van der Waals surface area contributed by atoms with Crippen molar-refractivity contribution in [2.45, 2.75) is 43.7 Å². The van der Waals surface area contributed by atoms with Gasteiger partial charge in [-0.2, -0.15) is 13.2 Å². The number of alkyl halides is 3. The van der Waals surface area contributed by atoms with Crippen molar-refractivity contribution in [2.24, 2.45) is 11.7 Å². The Labute approximate surface area is 310 Å². The van der Waals surface area contributed by atoms with E-state index >= 15 is 4.79 Å². The van der Waals surface area contributed by atoms with Crippen LogP contribution in [0, 0.1) is 5.92 Å². The van der Waals surface area contributed by atoms with Gasteiger partial charge in [0.15, 0.2) is 5.66 Å². The average molecular weight is 762 g/mol. The van der Waals surface area contributed by atoms with Crippen LogP contribution in [0.4, 0.5) is 13.2 Å². The number of amides is 3. The number of rotatable bonds is 9. The summed E-state index contributed by atoms with van der Waals surface area (Å²) in [7, 11) is 0. The van der Waals surface area contributed by atoms with E-state index in [0.717, 1.165) is 23.3 Å².